The van der Waals surface area contributed by atoms with E-state index in [1.165, 1.54) is 9.12 Å². The molecule has 0 N–H and O–H groups in total. The van der Waals surface area contributed by atoms with Gasteiger partial charge in [0.15, 0.2) is 5.69 Å². The summed E-state index contributed by atoms with van der Waals surface area (Å²) in [6.45, 7) is 2.18. The Kier molecular flexibility index (Phi) is 4.37. The number of esters is 1. The second kappa shape index (κ2) is 5.62. The number of para-hydroxylation sites is 1. The summed E-state index contributed by atoms with van der Waals surface area (Å²) in [5.41, 5.74) is 1.55. The summed E-state index contributed by atoms with van der Waals surface area (Å²) >= 11 is 5.63. The third-order valence-corrected chi connectivity index (χ3v) is 4.81. The highest BCUT2D eigenvalue weighted by molar-refractivity contribution is 14.2. The van der Waals surface area contributed by atoms with E-state index in [1.807, 2.05) is 28.2 Å². The Balaban J connectivity index is 2.69. The molecular weight excluding hydrogens is 417 g/mol. The van der Waals surface area contributed by atoms with Crippen LogP contribution in [-0.4, -0.2) is 16.5 Å². The molecule has 0 aliphatic carbocycles. The zero-order valence-corrected chi connectivity index (χ0v) is 13.5. The van der Waals surface area contributed by atoms with Crippen molar-refractivity contribution < 1.29 is 9.53 Å². The Morgan fingerprint density at radius 1 is 1.53 bits per heavy atom. The highest BCUT2D eigenvalue weighted by Gasteiger charge is 2.22. The minimum absolute atomic E-state index is 0.306. The Labute approximate surface area is 124 Å². The molecule has 0 saturated heterocycles. The summed E-state index contributed by atoms with van der Waals surface area (Å²) in [4.78, 5) is 11.9. The summed E-state index contributed by atoms with van der Waals surface area (Å²) in [5, 5.41) is 1.01. The first-order valence-corrected chi connectivity index (χ1v) is 9.06. The van der Waals surface area contributed by atoms with Gasteiger partial charge in [-0.25, -0.2) is 4.79 Å². The van der Waals surface area contributed by atoms with Crippen LogP contribution < -0.4 is 0 Å². The van der Waals surface area contributed by atoms with Crippen LogP contribution in [0.25, 0.3) is 10.9 Å². The summed E-state index contributed by atoms with van der Waals surface area (Å²) in [6.07, 6.45) is 0. The highest BCUT2D eigenvalue weighted by Crippen LogP contribution is 2.36. The highest BCUT2D eigenvalue weighted by atomic mass is 127. The molecule has 0 spiro atoms. The van der Waals surface area contributed by atoms with Gasteiger partial charge >= 0.3 is 5.97 Å². The molecule has 0 aliphatic heterocycles. The first kappa shape index (κ1) is 13.2. The maximum Gasteiger partial charge on any atom is 0.357 e. The number of hydrogen-bond donors (Lipinski definition) is 0. The fraction of sp³-hybridized carbons (Fsp3) is 0.182. The van der Waals surface area contributed by atoms with Crippen LogP contribution in [-0.2, 0) is 4.74 Å². The molecule has 0 fully saturated rings. The van der Waals surface area contributed by atoms with Crippen molar-refractivity contribution in [2.24, 2.45) is 0 Å². The average Bonchev–Trinajstić information content (AvgIpc) is 2.63. The number of nitrogens with zero attached hydrogens (tertiary/aromatic N) is 1. The molecule has 2 aromatic rings. The first-order chi connectivity index (χ1) is 8.20. The molecule has 3 nitrogen and oxygen atoms in total. The summed E-state index contributed by atoms with van der Waals surface area (Å²) in [7, 11) is 1.46. The van der Waals surface area contributed by atoms with Gasteiger partial charge in [0.1, 0.15) is 0 Å². The topological polar surface area (TPSA) is 31.2 Å². The van der Waals surface area contributed by atoms with Crippen LogP contribution in [0.1, 0.15) is 17.4 Å². The predicted molar refractivity (Wildman–Crippen MR) is 82.6 cm³/mol. The van der Waals surface area contributed by atoms with Gasteiger partial charge in [-0.05, 0) is 28.9 Å². The zero-order chi connectivity index (χ0) is 12.4. The molecule has 0 aliphatic rings. The molecule has 1 aromatic carbocycles. The largest absolute Gasteiger partial charge is 0.461 e. The van der Waals surface area contributed by atoms with Gasteiger partial charge < -0.3 is 4.74 Å². The molecule has 0 bridgehead atoms. The maximum atomic E-state index is 11.9. The molecule has 0 unspecified atom stereocenters. The predicted octanol–water partition coefficient (Wildman–Crippen LogP) is 4.43. The number of halogens is 2. The SMILES string of the molecule is CCOC(=O)c1c(Br)c2ccccc2n1SI. The van der Waals surface area contributed by atoms with Gasteiger partial charge in [-0.1, -0.05) is 18.2 Å². The van der Waals surface area contributed by atoms with Gasteiger partial charge in [0.05, 0.1) is 16.6 Å². The minimum atomic E-state index is -0.306. The second-order valence-electron chi connectivity index (χ2n) is 3.26. The molecule has 1 aromatic heterocycles. The van der Waals surface area contributed by atoms with Crippen LogP contribution in [0.4, 0.5) is 0 Å². The van der Waals surface area contributed by atoms with Crippen molar-refractivity contribution in [1.29, 1.82) is 0 Å². The number of hydrogen-bond acceptors (Lipinski definition) is 3. The zero-order valence-electron chi connectivity index (χ0n) is 8.94. The van der Waals surface area contributed by atoms with Crippen LogP contribution in [0.15, 0.2) is 28.7 Å². The van der Waals surface area contributed by atoms with Crippen molar-refractivity contribution in [3.05, 3.63) is 34.4 Å². The molecular formula is C11H9BrINO2S. The third kappa shape index (κ3) is 2.34. The smallest absolute Gasteiger partial charge is 0.357 e. The van der Waals surface area contributed by atoms with Crippen molar-refractivity contribution in [2.45, 2.75) is 6.92 Å². The van der Waals surface area contributed by atoms with Crippen LogP contribution in [0.3, 0.4) is 0 Å². The first-order valence-electron chi connectivity index (χ1n) is 4.95. The molecule has 0 amide bonds. The van der Waals surface area contributed by atoms with Gasteiger partial charge in [-0.2, -0.15) is 0 Å². The van der Waals surface area contributed by atoms with E-state index < -0.39 is 0 Å². The number of fused-ring (bicyclic) bond motifs is 1. The summed E-state index contributed by atoms with van der Waals surface area (Å²) in [5.74, 6) is -0.306. The fourth-order valence-corrected chi connectivity index (χ4v) is 4.10. The average molecular weight is 426 g/mol. The van der Waals surface area contributed by atoms with Crippen molar-refractivity contribution >= 4 is 63.1 Å². The second-order valence-corrected chi connectivity index (χ2v) is 5.74. The summed E-state index contributed by atoms with van der Waals surface area (Å²) < 4.78 is 7.74. The Morgan fingerprint density at radius 3 is 2.88 bits per heavy atom. The number of rotatable bonds is 3. The lowest BCUT2D eigenvalue weighted by molar-refractivity contribution is 0.0518. The Hall–Kier alpha value is -0.210. The van der Waals surface area contributed by atoms with Crippen molar-refractivity contribution in [3.63, 3.8) is 0 Å². The van der Waals surface area contributed by atoms with E-state index in [-0.39, 0.29) is 5.97 Å². The van der Waals surface area contributed by atoms with Crippen LogP contribution in [0, 0.1) is 0 Å². The van der Waals surface area contributed by atoms with Crippen molar-refractivity contribution in [2.75, 3.05) is 6.61 Å². The Morgan fingerprint density at radius 2 is 2.24 bits per heavy atom. The molecule has 0 saturated carbocycles. The monoisotopic (exact) mass is 425 g/mol. The van der Waals surface area contributed by atoms with Gasteiger partial charge in [0.2, 0.25) is 0 Å². The van der Waals surface area contributed by atoms with Crippen molar-refractivity contribution in [1.82, 2.24) is 3.97 Å². The number of benzene rings is 1. The van der Waals surface area contributed by atoms with Crippen LogP contribution >= 0.6 is 46.3 Å². The van der Waals surface area contributed by atoms with E-state index in [0.29, 0.717) is 12.3 Å². The van der Waals surface area contributed by atoms with E-state index in [1.54, 1.807) is 6.92 Å². The van der Waals surface area contributed by atoms with Crippen LogP contribution in [0.2, 0.25) is 0 Å². The normalized spacial score (nSPS) is 10.8. The third-order valence-electron chi connectivity index (χ3n) is 2.31. The lowest BCUT2D eigenvalue weighted by Gasteiger charge is -2.05. The molecule has 2 rings (SSSR count). The molecule has 17 heavy (non-hydrogen) atoms. The number of carbonyl (C=O) groups excluding carboxylic acids is 1. The molecule has 0 radical (unpaired) electrons. The lowest BCUT2D eigenvalue weighted by Crippen LogP contribution is -2.08. The number of ether oxygens (including phenoxy) is 1. The van der Waals surface area contributed by atoms with E-state index in [4.69, 9.17) is 4.74 Å². The minimum Gasteiger partial charge on any atom is -0.461 e. The summed E-state index contributed by atoms with van der Waals surface area (Å²) in [6, 6.07) is 7.86. The quantitative estimate of drug-likeness (QED) is 0.538. The van der Waals surface area contributed by atoms with Crippen molar-refractivity contribution in [3.8, 4) is 0 Å². The number of carbonyl (C=O) groups is 1. The molecule has 1 heterocycles. The van der Waals surface area contributed by atoms with E-state index in [9.17, 15) is 4.79 Å². The van der Waals surface area contributed by atoms with E-state index in [0.717, 1.165) is 15.4 Å². The van der Waals surface area contributed by atoms with E-state index in [2.05, 4.69) is 37.1 Å². The number of aromatic nitrogens is 1. The molecule has 6 heteroatoms. The van der Waals surface area contributed by atoms with Gasteiger partial charge in [-0.3, -0.25) is 3.97 Å². The van der Waals surface area contributed by atoms with Gasteiger partial charge in [-0.15, -0.1) is 0 Å². The van der Waals surface area contributed by atoms with Gasteiger partial charge in [0.25, 0.3) is 0 Å². The van der Waals surface area contributed by atoms with Gasteiger partial charge in [0, 0.05) is 35.7 Å². The molecule has 90 valence electrons. The Bertz CT molecular complexity index is 570. The lowest BCUT2D eigenvalue weighted by atomic mass is 10.2. The van der Waals surface area contributed by atoms with E-state index >= 15 is 0 Å². The fourth-order valence-electron chi connectivity index (χ4n) is 1.62. The van der Waals surface area contributed by atoms with Crippen LogP contribution in [0.5, 0.6) is 0 Å². The maximum absolute atomic E-state index is 11.9. The standard InChI is InChI=1S/C11H9BrINO2S/c1-2-16-11(15)10-9(12)7-5-3-4-6-8(7)14(10)17-13/h3-6H,2H2,1H3. The molecule has 0 atom stereocenters.